The molecule has 1 aliphatic heterocycles. The molecule has 0 bridgehead atoms. The van der Waals surface area contributed by atoms with Gasteiger partial charge in [-0.05, 0) is 31.8 Å². The second-order valence-corrected chi connectivity index (χ2v) is 5.40. The summed E-state index contributed by atoms with van der Waals surface area (Å²) in [5.41, 5.74) is 0.0200. The Morgan fingerprint density at radius 2 is 2.15 bits per heavy atom. The molecule has 0 radical (unpaired) electrons. The number of fused-ring (bicyclic) bond motifs is 1. The van der Waals surface area contributed by atoms with Crippen LogP contribution in [0.2, 0.25) is 0 Å². The smallest absolute Gasteiger partial charge is 0.414 e. The molecule has 1 aliphatic rings. The normalized spacial score (nSPS) is 14.7. The van der Waals surface area contributed by atoms with E-state index in [4.69, 9.17) is 4.74 Å². The fraction of sp³-hybridized carbons (Fsp3) is 0.500. The van der Waals surface area contributed by atoms with Crippen molar-refractivity contribution in [1.82, 2.24) is 14.7 Å². The van der Waals surface area contributed by atoms with Gasteiger partial charge >= 0.3 is 11.9 Å². The van der Waals surface area contributed by atoms with Crippen LogP contribution in [0.5, 0.6) is 0 Å². The SMILES string of the molecule is CC(C)(C)OC(=O)N1C=Cc2cc([N+](=O)[O-])nn2CC1. The number of nitro groups is 1. The molecule has 0 saturated heterocycles. The fourth-order valence-corrected chi connectivity index (χ4v) is 1.74. The van der Waals surface area contributed by atoms with Crippen LogP contribution in [0.3, 0.4) is 0 Å². The zero-order valence-electron chi connectivity index (χ0n) is 11.6. The van der Waals surface area contributed by atoms with Gasteiger partial charge in [-0.3, -0.25) is 4.90 Å². The number of ether oxygens (including phenoxy) is 1. The zero-order valence-corrected chi connectivity index (χ0v) is 11.6. The molecule has 8 nitrogen and oxygen atoms in total. The summed E-state index contributed by atoms with van der Waals surface area (Å²) in [5, 5.41) is 14.5. The fourth-order valence-electron chi connectivity index (χ4n) is 1.74. The van der Waals surface area contributed by atoms with Gasteiger partial charge in [0.1, 0.15) is 5.60 Å². The topological polar surface area (TPSA) is 90.5 Å². The van der Waals surface area contributed by atoms with Gasteiger partial charge in [0.15, 0.2) is 0 Å². The average molecular weight is 280 g/mol. The van der Waals surface area contributed by atoms with Gasteiger partial charge < -0.3 is 14.9 Å². The lowest BCUT2D eigenvalue weighted by atomic mass is 10.2. The summed E-state index contributed by atoms with van der Waals surface area (Å²) in [5.74, 6) is -0.199. The van der Waals surface area contributed by atoms with E-state index >= 15 is 0 Å². The van der Waals surface area contributed by atoms with Crippen LogP contribution in [0.4, 0.5) is 10.6 Å². The van der Waals surface area contributed by atoms with Crippen LogP contribution in [-0.2, 0) is 11.3 Å². The van der Waals surface area contributed by atoms with Crippen LogP contribution in [0, 0.1) is 10.1 Å². The maximum atomic E-state index is 11.9. The molecule has 20 heavy (non-hydrogen) atoms. The minimum Gasteiger partial charge on any atom is -0.443 e. The Labute approximate surface area is 115 Å². The standard InChI is InChI=1S/C12H16N4O4/c1-12(2,3)20-11(17)14-5-4-9-8-10(16(18)19)13-15(9)7-6-14/h4-5,8H,6-7H2,1-3H3. The highest BCUT2D eigenvalue weighted by Gasteiger charge is 2.24. The Kier molecular flexibility index (Phi) is 3.47. The molecule has 0 saturated carbocycles. The van der Waals surface area contributed by atoms with E-state index in [1.807, 2.05) is 0 Å². The molecule has 1 aromatic heterocycles. The number of rotatable bonds is 1. The van der Waals surface area contributed by atoms with Crippen LogP contribution in [0.1, 0.15) is 26.5 Å². The second kappa shape index (κ2) is 4.95. The van der Waals surface area contributed by atoms with Crippen LogP contribution >= 0.6 is 0 Å². The van der Waals surface area contributed by atoms with Gasteiger partial charge in [-0.15, -0.1) is 0 Å². The predicted molar refractivity (Wildman–Crippen MR) is 70.9 cm³/mol. The van der Waals surface area contributed by atoms with Gasteiger partial charge in [0.2, 0.25) is 0 Å². The molecular weight excluding hydrogens is 264 g/mol. The van der Waals surface area contributed by atoms with E-state index in [1.165, 1.54) is 15.6 Å². The van der Waals surface area contributed by atoms with Crippen molar-refractivity contribution in [3.8, 4) is 0 Å². The molecule has 1 amide bonds. The molecule has 2 heterocycles. The third-order valence-electron chi connectivity index (χ3n) is 2.59. The highest BCUT2D eigenvalue weighted by atomic mass is 16.6. The number of nitrogens with zero attached hydrogens (tertiary/aromatic N) is 4. The van der Waals surface area contributed by atoms with Crippen LogP contribution in [0.25, 0.3) is 6.08 Å². The van der Waals surface area contributed by atoms with Gasteiger partial charge in [-0.2, -0.15) is 4.68 Å². The number of aromatic nitrogens is 2. The summed E-state index contributed by atoms with van der Waals surface area (Å²) >= 11 is 0. The van der Waals surface area contributed by atoms with E-state index in [9.17, 15) is 14.9 Å². The zero-order chi connectivity index (χ0) is 14.9. The minimum atomic E-state index is -0.566. The second-order valence-electron chi connectivity index (χ2n) is 5.40. The Hall–Kier alpha value is -2.38. The molecule has 0 aromatic carbocycles. The molecule has 0 fully saturated rings. The first kappa shape index (κ1) is 14.0. The van der Waals surface area contributed by atoms with E-state index in [-0.39, 0.29) is 5.82 Å². The molecule has 0 aliphatic carbocycles. The first-order valence-electron chi connectivity index (χ1n) is 6.16. The highest BCUT2D eigenvalue weighted by molar-refractivity contribution is 5.71. The lowest BCUT2D eigenvalue weighted by molar-refractivity contribution is -0.389. The summed E-state index contributed by atoms with van der Waals surface area (Å²) < 4.78 is 6.77. The third kappa shape index (κ3) is 3.14. The number of carbonyl (C=O) groups excluding carboxylic acids is 1. The number of hydrogen-bond acceptors (Lipinski definition) is 5. The lowest BCUT2D eigenvalue weighted by Crippen LogP contribution is -2.34. The maximum absolute atomic E-state index is 11.9. The van der Waals surface area contributed by atoms with Crippen molar-refractivity contribution in [3.05, 3.63) is 28.1 Å². The Morgan fingerprint density at radius 3 is 2.75 bits per heavy atom. The van der Waals surface area contributed by atoms with E-state index in [0.717, 1.165) is 0 Å². The van der Waals surface area contributed by atoms with Gasteiger partial charge in [0.05, 0.1) is 29.9 Å². The number of hydrogen-bond donors (Lipinski definition) is 0. The van der Waals surface area contributed by atoms with Crippen molar-refractivity contribution >= 4 is 18.0 Å². The number of amides is 1. The summed E-state index contributed by atoms with van der Waals surface area (Å²) in [7, 11) is 0. The van der Waals surface area contributed by atoms with Crippen LogP contribution in [-0.4, -0.2) is 37.8 Å². The van der Waals surface area contributed by atoms with E-state index in [0.29, 0.717) is 18.8 Å². The van der Waals surface area contributed by atoms with Crippen molar-refractivity contribution in [2.75, 3.05) is 6.54 Å². The van der Waals surface area contributed by atoms with Crippen LogP contribution in [0.15, 0.2) is 12.3 Å². The summed E-state index contributed by atoms with van der Waals surface area (Å²) in [4.78, 5) is 23.5. The first-order chi connectivity index (χ1) is 9.26. The highest BCUT2D eigenvalue weighted by Crippen LogP contribution is 2.18. The summed E-state index contributed by atoms with van der Waals surface area (Å²) in [6.45, 7) is 6.09. The molecule has 1 aromatic rings. The largest absolute Gasteiger partial charge is 0.443 e. The molecular formula is C12H16N4O4. The van der Waals surface area contributed by atoms with Crippen molar-refractivity contribution in [2.24, 2.45) is 0 Å². The third-order valence-corrected chi connectivity index (χ3v) is 2.59. The summed E-state index contributed by atoms with van der Waals surface area (Å²) in [6, 6.07) is 1.37. The first-order valence-corrected chi connectivity index (χ1v) is 6.16. The predicted octanol–water partition coefficient (Wildman–Crippen LogP) is 2.01. The van der Waals surface area contributed by atoms with Crippen molar-refractivity contribution in [1.29, 1.82) is 0 Å². The minimum absolute atomic E-state index is 0.199. The quantitative estimate of drug-likeness (QED) is 0.579. The van der Waals surface area contributed by atoms with E-state index < -0.39 is 16.6 Å². The molecule has 8 heteroatoms. The van der Waals surface area contributed by atoms with Gasteiger partial charge in [0.25, 0.3) is 0 Å². The van der Waals surface area contributed by atoms with Crippen molar-refractivity contribution in [2.45, 2.75) is 32.9 Å². The Morgan fingerprint density at radius 1 is 1.45 bits per heavy atom. The summed E-state index contributed by atoms with van der Waals surface area (Å²) in [6.07, 6.45) is 2.71. The molecule has 0 atom stereocenters. The van der Waals surface area contributed by atoms with Gasteiger partial charge in [-0.1, -0.05) is 0 Å². The van der Waals surface area contributed by atoms with Gasteiger partial charge in [-0.25, -0.2) is 4.79 Å². The molecule has 108 valence electrons. The van der Waals surface area contributed by atoms with Crippen molar-refractivity contribution in [3.63, 3.8) is 0 Å². The van der Waals surface area contributed by atoms with E-state index in [1.54, 1.807) is 33.0 Å². The Balaban J connectivity index is 2.13. The number of carbonyl (C=O) groups is 1. The van der Waals surface area contributed by atoms with Crippen molar-refractivity contribution < 1.29 is 14.5 Å². The van der Waals surface area contributed by atoms with Crippen LogP contribution < -0.4 is 0 Å². The average Bonchev–Trinajstić information content (AvgIpc) is 2.61. The van der Waals surface area contributed by atoms with E-state index in [2.05, 4.69) is 5.10 Å². The lowest BCUT2D eigenvalue weighted by Gasteiger charge is -2.24. The maximum Gasteiger partial charge on any atom is 0.414 e. The molecule has 0 unspecified atom stereocenters. The molecule has 2 rings (SSSR count). The Bertz CT molecular complexity index is 571. The monoisotopic (exact) mass is 280 g/mol. The molecule has 0 spiro atoms. The molecule has 0 N–H and O–H groups in total. The van der Waals surface area contributed by atoms with Gasteiger partial charge in [0, 0.05) is 6.20 Å².